The van der Waals surface area contributed by atoms with E-state index in [0.29, 0.717) is 0 Å². The van der Waals surface area contributed by atoms with Gasteiger partial charge in [0, 0.05) is 42.0 Å². The van der Waals surface area contributed by atoms with Gasteiger partial charge in [0.15, 0.2) is 0 Å². The third kappa shape index (κ3) is 4.30. The average molecular weight is 666 g/mol. The van der Waals surface area contributed by atoms with Gasteiger partial charge in [0.05, 0.1) is 22.4 Å². The van der Waals surface area contributed by atoms with Gasteiger partial charge < -0.3 is 0 Å². The molecule has 6 aromatic carbocycles. The second-order valence-electron chi connectivity index (χ2n) is 10.5. The Morgan fingerprint density at radius 3 is 1.21 bits per heavy atom. The summed E-state index contributed by atoms with van der Waals surface area (Å²) in [6.45, 7) is 0. The molecule has 0 unspecified atom stereocenters. The molecule has 42 heavy (non-hydrogen) atoms. The largest absolute Gasteiger partial charge is 0.247 e. The molecule has 198 valence electrons. The van der Waals surface area contributed by atoms with Crippen molar-refractivity contribution in [2.75, 3.05) is 0 Å². The molecule has 0 aliphatic rings. The Kier molecular flexibility index (Phi) is 6.13. The van der Waals surface area contributed by atoms with Crippen LogP contribution in [0.1, 0.15) is 0 Å². The van der Waals surface area contributed by atoms with Gasteiger partial charge in [-0.05, 0) is 70.1 Å². The maximum atomic E-state index is 5.34. The molecule has 8 aromatic rings. The molecule has 0 saturated carbocycles. The van der Waals surface area contributed by atoms with Gasteiger partial charge in [-0.2, -0.15) is 0 Å². The van der Waals surface area contributed by atoms with E-state index >= 15 is 0 Å². The zero-order valence-electron chi connectivity index (χ0n) is 22.4. The summed E-state index contributed by atoms with van der Waals surface area (Å²) in [5.74, 6) is 0. The molecule has 0 atom stereocenters. The second-order valence-corrected chi connectivity index (χ2v) is 12.3. The Morgan fingerprint density at radius 1 is 0.381 bits per heavy atom. The van der Waals surface area contributed by atoms with E-state index in [1.165, 1.54) is 21.5 Å². The minimum absolute atomic E-state index is 0.935. The highest BCUT2D eigenvalue weighted by Gasteiger charge is 2.19. The van der Waals surface area contributed by atoms with E-state index in [2.05, 4.69) is 165 Å². The zero-order chi connectivity index (χ0) is 28.2. The number of nitrogens with zero attached hydrogens (tertiary/aromatic N) is 2. The molecule has 0 spiro atoms. The third-order valence-electron chi connectivity index (χ3n) is 7.97. The molecule has 0 aliphatic heterocycles. The Morgan fingerprint density at radius 2 is 0.786 bits per heavy atom. The third-order valence-corrected chi connectivity index (χ3v) is 9.03. The Bertz CT molecular complexity index is 2140. The summed E-state index contributed by atoms with van der Waals surface area (Å²) in [6.07, 6.45) is 0. The van der Waals surface area contributed by atoms with Crippen LogP contribution < -0.4 is 0 Å². The molecule has 2 heterocycles. The van der Waals surface area contributed by atoms with Crippen molar-refractivity contribution in [2.24, 2.45) is 0 Å². The summed E-state index contributed by atoms with van der Waals surface area (Å²) in [5, 5.41) is 7.04. The molecule has 8 rings (SSSR count). The van der Waals surface area contributed by atoms with Crippen LogP contribution in [0.4, 0.5) is 0 Å². The van der Waals surface area contributed by atoms with Crippen LogP contribution in [0.15, 0.2) is 142 Å². The topological polar surface area (TPSA) is 25.8 Å². The number of hydrogen-bond donors (Lipinski definition) is 0. The van der Waals surface area contributed by atoms with Gasteiger partial charge in [0.25, 0.3) is 0 Å². The SMILES string of the molecule is Brc1ccc(-c2nc3ccc4ccccc4c3cc2-c2cc3c(ccc4ccccc43)nc2-c2ccc(Br)cc2)cc1. The smallest absolute Gasteiger partial charge is 0.0788 e. The summed E-state index contributed by atoms with van der Waals surface area (Å²) < 4.78 is 2.07. The molecule has 0 fully saturated rings. The number of benzene rings is 6. The number of pyridine rings is 2. The number of aromatic nitrogens is 2. The van der Waals surface area contributed by atoms with Crippen LogP contribution in [0.25, 0.3) is 77.0 Å². The highest BCUT2D eigenvalue weighted by Crippen LogP contribution is 2.42. The Balaban J connectivity index is 1.53. The van der Waals surface area contributed by atoms with Crippen LogP contribution in [0.3, 0.4) is 0 Å². The van der Waals surface area contributed by atoms with Gasteiger partial charge in [-0.15, -0.1) is 0 Å². The Labute approximate surface area is 260 Å². The summed E-state index contributed by atoms with van der Waals surface area (Å²) in [7, 11) is 0. The van der Waals surface area contributed by atoms with Crippen molar-refractivity contribution in [2.45, 2.75) is 0 Å². The normalized spacial score (nSPS) is 11.6. The quantitative estimate of drug-likeness (QED) is 0.175. The predicted molar refractivity (Wildman–Crippen MR) is 184 cm³/mol. The fraction of sp³-hybridized carbons (Fsp3) is 0. The van der Waals surface area contributed by atoms with Crippen molar-refractivity contribution in [3.8, 4) is 33.6 Å². The first kappa shape index (κ1) is 25.3. The first-order valence-corrected chi connectivity index (χ1v) is 15.4. The highest BCUT2D eigenvalue weighted by molar-refractivity contribution is 9.10. The van der Waals surface area contributed by atoms with Crippen LogP contribution in [-0.2, 0) is 0 Å². The van der Waals surface area contributed by atoms with Gasteiger partial charge in [0.2, 0.25) is 0 Å². The molecule has 0 radical (unpaired) electrons. The van der Waals surface area contributed by atoms with Crippen molar-refractivity contribution in [1.29, 1.82) is 0 Å². The Hall–Kier alpha value is -4.38. The maximum absolute atomic E-state index is 5.34. The molecule has 0 amide bonds. The average Bonchev–Trinajstić information content (AvgIpc) is 3.04. The molecular formula is C38H22Br2N2. The zero-order valence-corrected chi connectivity index (χ0v) is 25.5. The summed E-state index contributed by atoms with van der Waals surface area (Å²) in [5.41, 5.74) is 8.04. The minimum atomic E-state index is 0.935. The van der Waals surface area contributed by atoms with E-state index in [0.717, 1.165) is 64.4 Å². The van der Waals surface area contributed by atoms with E-state index in [9.17, 15) is 0 Å². The van der Waals surface area contributed by atoms with Gasteiger partial charge in [-0.1, -0.05) is 117 Å². The monoisotopic (exact) mass is 664 g/mol. The van der Waals surface area contributed by atoms with E-state index in [4.69, 9.17) is 9.97 Å². The molecule has 0 aliphatic carbocycles. The lowest BCUT2D eigenvalue weighted by Crippen LogP contribution is -1.97. The van der Waals surface area contributed by atoms with E-state index in [1.54, 1.807) is 0 Å². The highest BCUT2D eigenvalue weighted by atomic mass is 79.9. The van der Waals surface area contributed by atoms with Crippen LogP contribution in [0, 0.1) is 0 Å². The van der Waals surface area contributed by atoms with Gasteiger partial charge in [0.1, 0.15) is 0 Å². The number of fused-ring (bicyclic) bond motifs is 6. The van der Waals surface area contributed by atoms with Crippen LogP contribution in [0.5, 0.6) is 0 Å². The summed E-state index contributed by atoms with van der Waals surface area (Å²) in [6, 6.07) is 47.1. The number of halogens is 2. The summed E-state index contributed by atoms with van der Waals surface area (Å²) in [4.78, 5) is 10.7. The van der Waals surface area contributed by atoms with Crippen molar-refractivity contribution < 1.29 is 0 Å². The van der Waals surface area contributed by atoms with Crippen molar-refractivity contribution in [3.63, 3.8) is 0 Å². The first-order valence-electron chi connectivity index (χ1n) is 13.8. The molecule has 0 saturated heterocycles. The molecule has 4 heteroatoms. The molecular weight excluding hydrogens is 644 g/mol. The lowest BCUT2D eigenvalue weighted by atomic mass is 9.91. The van der Waals surface area contributed by atoms with Gasteiger partial charge >= 0.3 is 0 Å². The molecule has 2 nitrogen and oxygen atoms in total. The first-order chi connectivity index (χ1) is 20.6. The van der Waals surface area contributed by atoms with E-state index in [1.807, 2.05) is 0 Å². The number of hydrogen-bond acceptors (Lipinski definition) is 2. The standard InChI is InChI=1S/C38H22Br2N2/c39-27-15-9-25(10-16-27)37-33(21-31-29-7-3-1-5-23(29)13-19-35(31)41-37)34-22-32-30-8-4-2-6-24(30)14-20-36(32)42-38(34)26-11-17-28(40)18-12-26/h1-22H. The lowest BCUT2D eigenvalue weighted by molar-refractivity contribution is 1.37. The van der Waals surface area contributed by atoms with Crippen LogP contribution >= 0.6 is 31.9 Å². The van der Waals surface area contributed by atoms with E-state index < -0.39 is 0 Å². The van der Waals surface area contributed by atoms with Crippen molar-refractivity contribution >= 4 is 75.2 Å². The molecule has 0 bridgehead atoms. The van der Waals surface area contributed by atoms with Gasteiger partial charge in [-0.25, -0.2) is 9.97 Å². The number of rotatable bonds is 3. The van der Waals surface area contributed by atoms with Crippen molar-refractivity contribution in [1.82, 2.24) is 9.97 Å². The van der Waals surface area contributed by atoms with E-state index in [-0.39, 0.29) is 0 Å². The predicted octanol–water partition coefficient (Wildman–Crippen LogP) is 11.6. The van der Waals surface area contributed by atoms with Crippen molar-refractivity contribution in [3.05, 3.63) is 142 Å². The fourth-order valence-corrected chi connectivity index (χ4v) is 6.45. The summed E-state index contributed by atoms with van der Waals surface area (Å²) >= 11 is 7.22. The van der Waals surface area contributed by atoms with Gasteiger partial charge in [-0.3, -0.25) is 0 Å². The molecule has 0 N–H and O–H groups in total. The minimum Gasteiger partial charge on any atom is -0.247 e. The maximum Gasteiger partial charge on any atom is 0.0788 e. The lowest BCUT2D eigenvalue weighted by Gasteiger charge is -2.17. The van der Waals surface area contributed by atoms with Crippen LogP contribution in [0.2, 0.25) is 0 Å². The second kappa shape index (κ2) is 10.2. The fourth-order valence-electron chi connectivity index (χ4n) is 5.92. The molecule has 2 aromatic heterocycles. The van der Waals surface area contributed by atoms with Crippen LogP contribution in [-0.4, -0.2) is 9.97 Å².